The summed E-state index contributed by atoms with van der Waals surface area (Å²) in [6.45, 7) is 2.08. The Kier molecular flexibility index (Phi) is 6.17. The summed E-state index contributed by atoms with van der Waals surface area (Å²) in [5.74, 6) is 3.36. The van der Waals surface area contributed by atoms with Crippen LogP contribution in [-0.2, 0) is 11.8 Å². The molecule has 162 valence electrons. The van der Waals surface area contributed by atoms with Crippen LogP contribution in [0.1, 0.15) is 18.9 Å². The van der Waals surface area contributed by atoms with Crippen molar-refractivity contribution in [2.24, 2.45) is 7.05 Å². The minimum Gasteiger partial charge on any atom is -0.497 e. The number of rotatable bonds is 8. The van der Waals surface area contributed by atoms with E-state index in [0.717, 1.165) is 0 Å². The molecule has 31 heavy (non-hydrogen) atoms. The molecule has 0 bridgehead atoms. The lowest BCUT2D eigenvalue weighted by Crippen LogP contribution is -2.14. The SMILES string of the molecule is COc1cccc(OC(C)c2nnc(SCC(=O)Nc3ccc4c(c3)OCO4)n2C)c1. The molecule has 2 heterocycles. The van der Waals surface area contributed by atoms with E-state index < -0.39 is 0 Å². The molecule has 1 atom stereocenters. The van der Waals surface area contributed by atoms with Crippen LogP contribution in [0.25, 0.3) is 0 Å². The van der Waals surface area contributed by atoms with Gasteiger partial charge in [-0.05, 0) is 31.2 Å². The van der Waals surface area contributed by atoms with E-state index >= 15 is 0 Å². The van der Waals surface area contributed by atoms with Crippen molar-refractivity contribution in [2.45, 2.75) is 18.2 Å². The third-order valence-electron chi connectivity index (χ3n) is 4.57. The van der Waals surface area contributed by atoms with Gasteiger partial charge in [0.05, 0.1) is 12.9 Å². The van der Waals surface area contributed by atoms with Gasteiger partial charge in [-0.15, -0.1) is 10.2 Å². The lowest BCUT2D eigenvalue weighted by atomic mass is 10.3. The zero-order chi connectivity index (χ0) is 21.8. The summed E-state index contributed by atoms with van der Waals surface area (Å²) < 4.78 is 23.6. The lowest BCUT2D eigenvalue weighted by Gasteiger charge is -2.14. The molecule has 1 unspecified atom stereocenters. The summed E-state index contributed by atoms with van der Waals surface area (Å²) >= 11 is 1.30. The van der Waals surface area contributed by atoms with Crippen LogP contribution in [0.15, 0.2) is 47.6 Å². The third kappa shape index (κ3) is 4.85. The largest absolute Gasteiger partial charge is 0.497 e. The Labute approximate surface area is 183 Å². The molecule has 4 rings (SSSR count). The highest BCUT2D eigenvalue weighted by Crippen LogP contribution is 2.34. The number of methoxy groups -OCH3 is 1. The first-order valence-corrected chi connectivity index (χ1v) is 10.5. The Morgan fingerprint density at radius 3 is 2.84 bits per heavy atom. The van der Waals surface area contributed by atoms with Gasteiger partial charge in [-0.3, -0.25) is 4.79 Å². The zero-order valence-corrected chi connectivity index (χ0v) is 18.1. The first kappa shape index (κ1) is 20.9. The summed E-state index contributed by atoms with van der Waals surface area (Å²) in [5, 5.41) is 11.9. The maximum Gasteiger partial charge on any atom is 0.234 e. The van der Waals surface area contributed by atoms with E-state index in [-0.39, 0.29) is 24.6 Å². The zero-order valence-electron chi connectivity index (χ0n) is 17.3. The number of fused-ring (bicyclic) bond motifs is 1. The molecular formula is C21H22N4O5S. The molecule has 1 aromatic heterocycles. The van der Waals surface area contributed by atoms with Gasteiger partial charge in [0, 0.05) is 24.9 Å². The summed E-state index contributed by atoms with van der Waals surface area (Å²) in [5.41, 5.74) is 0.647. The minimum absolute atomic E-state index is 0.158. The molecule has 1 aliphatic rings. The molecule has 1 amide bonds. The second-order valence-corrected chi connectivity index (χ2v) is 7.69. The maximum atomic E-state index is 12.3. The second kappa shape index (κ2) is 9.17. The van der Waals surface area contributed by atoms with Crippen molar-refractivity contribution in [3.63, 3.8) is 0 Å². The minimum atomic E-state index is -0.332. The average molecular weight is 442 g/mol. The Bertz CT molecular complexity index is 1090. The number of nitrogens with one attached hydrogen (secondary N) is 1. The predicted molar refractivity (Wildman–Crippen MR) is 115 cm³/mol. The molecule has 0 spiro atoms. The van der Waals surface area contributed by atoms with Gasteiger partial charge in [0.1, 0.15) is 11.5 Å². The van der Waals surface area contributed by atoms with Gasteiger partial charge in [0.2, 0.25) is 12.7 Å². The van der Waals surface area contributed by atoms with Crippen molar-refractivity contribution in [1.29, 1.82) is 0 Å². The first-order valence-electron chi connectivity index (χ1n) is 9.56. The lowest BCUT2D eigenvalue weighted by molar-refractivity contribution is -0.113. The Hall–Kier alpha value is -3.40. The van der Waals surface area contributed by atoms with E-state index in [1.54, 1.807) is 25.3 Å². The molecule has 0 saturated heterocycles. The van der Waals surface area contributed by atoms with Crippen molar-refractivity contribution < 1.29 is 23.7 Å². The van der Waals surface area contributed by atoms with Gasteiger partial charge in [-0.2, -0.15) is 0 Å². The van der Waals surface area contributed by atoms with Crippen molar-refractivity contribution >= 4 is 23.4 Å². The molecule has 0 fully saturated rings. The van der Waals surface area contributed by atoms with Crippen LogP contribution in [-0.4, -0.2) is 40.3 Å². The molecule has 0 saturated carbocycles. The fourth-order valence-electron chi connectivity index (χ4n) is 3.04. The number of carbonyl (C=O) groups is 1. The fraction of sp³-hybridized carbons (Fsp3) is 0.286. The molecule has 2 aromatic carbocycles. The first-order chi connectivity index (χ1) is 15.0. The molecule has 0 aliphatic carbocycles. The summed E-state index contributed by atoms with van der Waals surface area (Å²) in [4.78, 5) is 12.3. The number of aromatic nitrogens is 3. The number of nitrogens with zero attached hydrogens (tertiary/aromatic N) is 3. The highest BCUT2D eigenvalue weighted by Gasteiger charge is 2.19. The Balaban J connectivity index is 1.34. The van der Waals surface area contributed by atoms with E-state index in [9.17, 15) is 4.79 Å². The van der Waals surface area contributed by atoms with Crippen LogP contribution in [0.4, 0.5) is 5.69 Å². The number of anilines is 1. The number of ether oxygens (including phenoxy) is 4. The number of amides is 1. The van der Waals surface area contributed by atoms with Crippen LogP contribution in [0.5, 0.6) is 23.0 Å². The normalized spacial score (nSPS) is 13.0. The van der Waals surface area contributed by atoms with E-state index in [2.05, 4.69) is 15.5 Å². The summed E-state index contributed by atoms with van der Waals surface area (Å²) in [6.07, 6.45) is -0.332. The van der Waals surface area contributed by atoms with Gasteiger partial charge >= 0.3 is 0 Å². The number of thioether (sulfide) groups is 1. The van der Waals surface area contributed by atoms with Crippen LogP contribution in [0.3, 0.4) is 0 Å². The van der Waals surface area contributed by atoms with Crippen molar-refractivity contribution in [3.8, 4) is 23.0 Å². The highest BCUT2D eigenvalue weighted by atomic mass is 32.2. The van der Waals surface area contributed by atoms with Gasteiger partial charge in [0.15, 0.2) is 28.6 Å². The van der Waals surface area contributed by atoms with E-state index in [1.807, 2.05) is 42.8 Å². The summed E-state index contributed by atoms with van der Waals surface area (Å²) in [7, 11) is 3.45. The molecule has 1 N–H and O–H groups in total. The second-order valence-electron chi connectivity index (χ2n) is 6.74. The Morgan fingerprint density at radius 2 is 2.00 bits per heavy atom. The van der Waals surface area contributed by atoms with Crippen molar-refractivity contribution in [2.75, 3.05) is 25.0 Å². The smallest absolute Gasteiger partial charge is 0.234 e. The van der Waals surface area contributed by atoms with Gasteiger partial charge < -0.3 is 28.8 Å². The number of hydrogen-bond donors (Lipinski definition) is 1. The monoisotopic (exact) mass is 442 g/mol. The maximum absolute atomic E-state index is 12.3. The highest BCUT2D eigenvalue weighted by molar-refractivity contribution is 7.99. The van der Waals surface area contributed by atoms with E-state index in [1.165, 1.54) is 11.8 Å². The van der Waals surface area contributed by atoms with Crippen LogP contribution < -0.4 is 24.3 Å². The molecular weight excluding hydrogens is 420 g/mol. The van der Waals surface area contributed by atoms with Crippen LogP contribution in [0.2, 0.25) is 0 Å². The predicted octanol–water partition coefficient (Wildman–Crippen LogP) is 3.42. The average Bonchev–Trinajstić information content (AvgIpc) is 3.38. The third-order valence-corrected chi connectivity index (χ3v) is 5.60. The van der Waals surface area contributed by atoms with Crippen molar-refractivity contribution in [3.05, 3.63) is 48.3 Å². The van der Waals surface area contributed by atoms with E-state index in [4.69, 9.17) is 18.9 Å². The van der Waals surface area contributed by atoms with Gasteiger partial charge in [-0.25, -0.2) is 0 Å². The van der Waals surface area contributed by atoms with Gasteiger partial charge in [-0.1, -0.05) is 17.8 Å². The number of carbonyl (C=O) groups excluding carboxylic acids is 1. The standard InChI is InChI=1S/C21H22N4O5S/c1-13(30-16-6-4-5-15(10-16)27-3)20-23-24-21(25(20)2)31-11-19(26)22-14-7-8-17-18(9-14)29-12-28-17/h4-10,13H,11-12H2,1-3H3,(H,22,26). The van der Waals surface area contributed by atoms with E-state index in [0.29, 0.717) is 39.7 Å². The quantitative estimate of drug-likeness (QED) is 0.530. The molecule has 1 aliphatic heterocycles. The summed E-state index contributed by atoms with van der Waals surface area (Å²) in [6, 6.07) is 12.6. The molecule has 9 nitrogen and oxygen atoms in total. The molecule has 10 heteroatoms. The van der Waals surface area contributed by atoms with Crippen molar-refractivity contribution in [1.82, 2.24) is 14.8 Å². The Morgan fingerprint density at radius 1 is 1.19 bits per heavy atom. The fourth-order valence-corrected chi connectivity index (χ4v) is 3.76. The number of hydrogen-bond acceptors (Lipinski definition) is 8. The molecule has 3 aromatic rings. The van der Waals surface area contributed by atoms with Crippen LogP contribution in [0, 0.1) is 0 Å². The topological polar surface area (TPSA) is 96.7 Å². The number of benzene rings is 2. The molecule has 0 radical (unpaired) electrons. The van der Waals surface area contributed by atoms with Gasteiger partial charge in [0.25, 0.3) is 0 Å². The van der Waals surface area contributed by atoms with Crippen LogP contribution >= 0.6 is 11.8 Å².